The molecule has 1 saturated carbocycles. The number of H-pyrrole nitrogens is 1. The molecule has 0 bridgehead atoms. The molecule has 0 spiro atoms. The van der Waals surface area contributed by atoms with Gasteiger partial charge in [-0.05, 0) is 55.7 Å². The molecule has 0 unspecified atom stereocenters. The van der Waals surface area contributed by atoms with Crippen LogP contribution in [0.15, 0.2) is 48.5 Å². The number of aromatic nitrogens is 2. The van der Waals surface area contributed by atoms with E-state index in [0.29, 0.717) is 0 Å². The predicted octanol–water partition coefficient (Wildman–Crippen LogP) is 4.22. The minimum absolute atomic E-state index is 0.158. The fourth-order valence-corrected chi connectivity index (χ4v) is 3.55. The van der Waals surface area contributed by atoms with Crippen molar-refractivity contribution in [1.82, 2.24) is 15.3 Å². The van der Waals surface area contributed by atoms with Crippen LogP contribution in [-0.2, 0) is 15.8 Å². The first kappa shape index (κ1) is 20.9. The second-order valence-corrected chi connectivity index (χ2v) is 7.80. The Morgan fingerprint density at radius 2 is 1.87 bits per heavy atom. The molecule has 4 rings (SSSR count). The third kappa shape index (κ3) is 4.87. The number of hydrogen-bond donors (Lipinski definition) is 3. The summed E-state index contributed by atoms with van der Waals surface area (Å²) in [5, 5.41) is 5.15. The first-order chi connectivity index (χ1) is 14.7. The number of carbonyl (C=O) groups excluding carboxylic acids is 2. The van der Waals surface area contributed by atoms with Crippen LogP contribution in [0.25, 0.3) is 11.0 Å². The molecule has 1 aromatic heterocycles. The summed E-state index contributed by atoms with van der Waals surface area (Å²) in [6, 6.07) is 11.0. The average Bonchev–Trinajstić information content (AvgIpc) is 3.33. The Bertz CT molecular complexity index is 1070. The van der Waals surface area contributed by atoms with E-state index in [2.05, 4.69) is 20.6 Å². The van der Waals surface area contributed by atoms with E-state index < -0.39 is 23.7 Å². The average molecular weight is 430 g/mol. The van der Waals surface area contributed by atoms with Gasteiger partial charge in [0.15, 0.2) is 0 Å². The minimum Gasteiger partial charge on any atom is -0.345 e. The molecule has 31 heavy (non-hydrogen) atoms. The van der Waals surface area contributed by atoms with Gasteiger partial charge in [0.1, 0.15) is 11.9 Å². The molecule has 1 aliphatic carbocycles. The van der Waals surface area contributed by atoms with Crippen molar-refractivity contribution in [2.75, 3.05) is 5.32 Å². The Balaban J connectivity index is 1.26. The van der Waals surface area contributed by atoms with E-state index in [-0.39, 0.29) is 29.9 Å². The maximum atomic E-state index is 12.6. The summed E-state index contributed by atoms with van der Waals surface area (Å²) >= 11 is 0. The lowest BCUT2D eigenvalue weighted by Gasteiger charge is -2.14. The number of hydrogen-bond acceptors (Lipinski definition) is 3. The molecule has 1 aliphatic rings. The van der Waals surface area contributed by atoms with Gasteiger partial charge in [-0.2, -0.15) is 13.2 Å². The zero-order chi connectivity index (χ0) is 22.2. The monoisotopic (exact) mass is 430 g/mol. The molecule has 6 nitrogen and oxygen atoms in total. The van der Waals surface area contributed by atoms with E-state index in [1.54, 1.807) is 0 Å². The molecule has 3 N–H and O–H groups in total. The van der Waals surface area contributed by atoms with Gasteiger partial charge in [0.25, 0.3) is 0 Å². The number of amides is 2. The van der Waals surface area contributed by atoms with Gasteiger partial charge in [-0.3, -0.25) is 9.59 Å². The van der Waals surface area contributed by atoms with Crippen molar-refractivity contribution in [3.05, 3.63) is 59.9 Å². The van der Waals surface area contributed by atoms with Crippen LogP contribution < -0.4 is 10.6 Å². The van der Waals surface area contributed by atoms with Crippen molar-refractivity contribution in [3.8, 4) is 0 Å². The molecule has 0 radical (unpaired) electrons. The standard InChI is InChI=1S/C22H21F3N4O2/c1-12(21(31)27-15-8-6-14(7-9-15)22(23,24)25)26-19(30)11-13-10-16(13)20-28-17-4-2-3-5-18(17)29-20/h2-9,12-13,16H,10-11H2,1H3,(H,26,30)(H,27,31)(H,28,29)/t12-,13+,16+/m1/s1. The third-order valence-corrected chi connectivity index (χ3v) is 5.38. The Kier molecular flexibility index (Phi) is 5.43. The second-order valence-electron chi connectivity index (χ2n) is 7.80. The van der Waals surface area contributed by atoms with E-state index in [9.17, 15) is 22.8 Å². The van der Waals surface area contributed by atoms with Crippen LogP contribution in [0.4, 0.5) is 18.9 Å². The van der Waals surface area contributed by atoms with Gasteiger partial charge in [0.05, 0.1) is 16.6 Å². The molecule has 1 heterocycles. The Hall–Kier alpha value is -3.36. The SMILES string of the molecule is C[C@@H](NC(=O)C[C@@H]1C[C@@H]1c1nc2ccccc2[nH]1)C(=O)Nc1ccc(C(F)(F)F)cc1. The summed E-state index contributed by atoms with van der Waals surface area (Å²) in [4.78, 5) is 32.4. The molecule has 0 aliphatic heterocycles. The third-order valence-electron chi connectivity index (χ3n) is 5.38. The maximum Gasteiger partial charge on any atom is 0.416 e. The molecule has 1 fully saturated rings. The molecular weight excluding hydrogens is 409 g/mol. The van der Waals surface area contributed by atoms with Gasteiger partial charge in [-0.1, -0.05) is 12.1 Å². The van der Waals surface area contributed by atoms with Gasteiger partial charge in [0, 0.05) is 18.0 Å². The number of nitrogens with one attached hydrogen (secondary N) is 3. The highest BCUT2D eigenvalue weighted by Crippen LogP contribution is 2.48. The lowest BCUT2D eigenvalue weighted by molar-refractivity contribution is -0.137. The molecule has 2 amide bonds. The molecule has 162 valence electrons. The number of halogens is 3. The number of carbonyl (C=O) groups is 2. The highest BCUT2D eigenvalue weighted by Gasteiger charge is 2.42. The van der Waals surface area contributed by atoms with Crippen LogP contribution in [0.2, 0.25) is 0 Å². The summed E-state index contributed by atoms with van der Waals surface area (Å²) in [6.45, 7) is 1.53. The van der Waals surface area contributed by atoms with Crippen molar-refractivity contribution in [2.24, 2.45) is 5.92 Å². The number of aromatic amines is 1. The van der Waals surface area contributed by atoms with Gasteiger partial charge >= 0.3 is 6.18 Å². The number of rotatable bonds is 6. The van der Waals surface area contributed by atoms with Crippen molar-refractivity contribution >= 4 is 28.5 Å². The minimum atomic E-state index is -4.44. The van der Waals surface area contributed by atoms with Crippen molar-refractivity contribution < 1.29 is 22.8 Å². The second kappa shape index (κ2) is 8.05. The van der Waals surface area contributed by atoms with Crippen LogP contribution in [0.5, 0.6) is 0 Å². The largest absolute Gasteiger partial charge is 0.416 e. The number of anilines is 1. The molecule has 3 aromatic rings. The van der Waals surface area contributed by atoms with E-state index in [1.807, 2.05) is 24.3 Å². The Morgan fingerprint density at radius 3 is 2.55 bits per heavy atom. The highest BCUT2D eigenvalue weighted by molar-refractivity contribution is 5.97. The highest BCUT2D eigenvalue weighted by atomic mass is 19.4. The summed E-state index contributed by atoms with van der Waals surface area (Å²) in [5.74, 6) is 0.462. The zero-order valence-electron chi connectivity index (χ0n) is 16.7. The fraction of sp³-hybridized carbons (Fsp3) is 0.318. The predicted molar refractivity (Wildman–Crippen MR) is 109 cm³/mol. The lowest BCUT2D eigenvalue weighted by atomic mass is 10.2. The quantitative estimate of drug-likeness (QED) is 0.547. The van der Waals surface area contributed by atoms with E-state index in [0.717, 1.165) is 35.4 Å². The summed E-state index contributed by atoms with van der Waals surface area (Å²) in [7, 11) is 0. The lowest BCUT2D eigenvalue weighted by Crippen LogP contribution is -2.41. The van der Waals surface area contributed by atoms with Crippen molar-refractivity contribution in [1.29, 1.82) is 0 Å². The first-order valence-electron chi connectivity index (χ1n) is 9.93. The van der Waals surface area contributed by atoms with Gasteiger partial charge in [-0.25, -0.2) is 4.98 Å². The molecule has 3 atom stereocenters. The Labute approximate surface area is 176 Å². The van der Waals surface area contributed by atoms with E-state index in [4.69, 9.17) is 0 Å². The summed E-state index contributed by atoms with van der Waals surface area (Å²) in [6.07, 6.45) is -3.31. The van der Waals surface area contributed by atoms with Gasteiger partial charge in [0.2, 0.25) is 11.8 Å². The number of nitrogens with zero attached hydrogens (tertiary/aromatic N) is 1. The number of alkyl halides is 3. The van der Waals surface area contributed by atoms with Crippen LogP contribution >= 0.6 is 0 Å². The van der Waals surface area contributed by atoms with Crippen LogP contribution in [0.3, 0.4) is 0 Å². The van der Waals surface area contributed by atoms with Crippen molar-refractivity contribution in [2.45, 2.75) is 37.9 Å². The molecule has 2 aromatic carbocycles. The first-order valence-corrected chi connectivity index (χ1v) is 9.93. The number of para-hydroxylation sites is 2. The normalized spacial score (nSPS) is 19.1. The van der Waals surface area contributed by atoms with Crippen LogP contribution in [0.1, 0.15) is 37.1 Å². The van der Waals surface area contributed by atoms with Crippen LogP contribution in [0, 0.1) is 5.92 Å². The summed E-state index contributed by atoms with van der Waals surface area (Å²) in [5.41, 5.74) is 1.28. The van der Waals surface area contributed by atoms with Gasteiger partial charge < -0.3 is 15.6 Å². The number of fused-ring (bicyclic) bond motifs is 1. The van der Waals surface area contributed by atoms with Crippen molar-refractivity contribution in [3.63, 3.8) is 0 Å². The number of benzene rings is 2. The summed E-state index contributed by atoms with van der Waals surface area (Å²) < 4.78 is 37.8. The maximum absolute atomic E-state index is 12.6. The van der Waals surface area contributed by atoms with E-state index >= 15 is 0 Å². The number of imidazole rings is 1. The Morgan fingerprint density at radius 1 is 1.16 bits per heavy atom. The fourth-order valence-electron chi connectivity index (χ4n) is 3.55. The van der Waals surface area contributed by atoms with Gasteiger partial charge in [-0.15, -0.1) is 0 Å². The molecule has 0 saturated heterocycles. The molecular formula is C22H21F3N4O2. The molecule has 9 heteroatoms. The topological polar surface area (TPSA) is 86.9 Å². The smallest absolute Gasteiger partial charge is 0.345 e. The zero-order valence-corrected chi connectivity index (χ0v) is 16.7. The van der Waals surface area contributed by atoms with Crippen LogP contribution in [-0.4, -0.2) is 27.8 Å². The van der Waals surface area contributed by atoms with E-state index in [1.165, 1.54) is 19.1 Å².